The fourth-order valence-electron chi connectivity index (χ4n) is 2.64. The van der Waals surface area contributed by atoms with Crippen LogP contribution in [0.2, 0.25) is 0 Å². The number of nitrogens with one attached hydrogen (secondary N) is 1. The normalized spacial score (nSPS) is 18.1. The predicted octanol–water partition coefficient (Wildman–Crippen LogP) is 3.25. The molecule has 20 heavy (non-hydrogen) atoms. The molecule has 1 N–H and O–H groups in total. The van der Waals surface area contributed by atoms with Crippen molar-refractivity contribution in [1.29, 1.82) is 0 Å². The summed E-state index contributed by atoms with van der Waals surface area (Å²) in [5.41, 5.74) is 0.331. The Morgan fingerprint density at radius 3 is 2.55 bits per heavy atom. The highest BCUT2D eigenvalue weighted by molar-refractivity contribution is 5.20. The fraction of sp³-hybridized carbons (Fsp3) is 0.647. The first-order valence-corrected chi connectivity index (χ1v) is 7.69. The highest BCUT2D eigenvalue weighted by atomic mass is 16.5. The van der Waals surface area contributed by atoms with E-state index in [-0.39, 0.29) is 0 Å². The van der Waals surface area contributed by atoms with Gasteiger partial charge in [0.25, 0.3) is 0 Å². The monoisotopic (exact) mass is 277 g/mol. The molecule has 1 aliphatic rings. The van der Waals surface area contributed by atoms with Crippen molar-refractivity contribution in [2.75, 3.05) is 26.4 Å². The van der Waals surface area contributed by atoms with Crippen molar-refractivity contribution in [2.24, 2.45) is 5.41 Å². The van der Waals surface area contributed by atoms with E-state index in [9.17, 15) is 0 Å². The third kappa shape index (κ3) is 4.80. The minimum atomic E-state index is 0.331. The number of rotatable bonds is 7. The summed E-state index contributed by atoms with van der Waals surface area (Å²) in [7, 11) is 0. The van der Waals surface area contributed by atoms with Gasteiger partial charge >= 0.3 is 0 Å². The molecule has 1 aliphatic heterocycles. The van der Waals surface area contributed by atoms with E-state index in [0.29, 0.717) is 11.5 Å². The summed E-state index contributed by atoms with van der Waals surface area (Å²) < 4.78 is 11.4. The van der Waals surface area contributed by atoms with Crippen molar-refractivity contribution in [1.82, 2.24) is 5.32 Å². The van der Waals surface area contributed by atoms with Crippen LogP contribution in [0.1, 0.15) is 33.1 Å². The van der Waals surface area contributed by atoms with Crippen molar-refractivity contribution in [3.63, 3.8) is 0 Å². The number of para-hydroxylation sites is 1. The fourth-order valence-corrected chi connectivity index (χ4v) is 2.64. The molecule has 0 amide bonds. The molecule has 0 spiro atoms. The molecule has 0 unspecified atom stereocenters. The molecule has 0 saturated carbocycles. The molecular weight excluding hydrogens is 250 g/mol. The van der Waals surface area contributed by atoms with Crippen LogP contribution in [-0.2, 0) is 4.74 Å². The second-order valence-corrected chi connectivity index (χ2v) is 6.06. The number of hydrogen-bond acceptors (Lipinski definition) is 3. The van der Waals surface area contributed by atoms with Crippen molar-refractivity contribution in [2.45, 2.75) is 39.2 Å². The van der Waals surface area contributed by atoms with Crippen molar-refractivity contribution in [3.8, 4) is 5.75 Å². The molecule has 0 aromatic heterocycles. The van der Waals surface area contributed by atoms with Gasteiger partial charge < -0.3 is 14.8 Å². The molecule has 3 nitrogen and oxygen atoms in total. The van der Waals surface area contributed by atoms with Gasteiger partial charge in [0.2, 0.25) is 0 Å². The lowest BCUT2D eigenvalue weighted by Gasteiger charge is -2.38. The van der Waals surface area contributed by atoms with E-state index >= 15 is 0 Å². The Balaban J connectivity index is 1.84. The van der Waals surface area contributed by atoms with Gasteiger partial charge in [0.05, 0.1) is 6.61 Å². The summed E-state index contributed by atoms with van der Waals surface area (Å²) in [5.74, 6) is 0.964. The van der Waals surface area contributed by atoms with Gasteiger partial charge in [0.1, 0.15) is 5.75 Å². The van der Waals surface area contributed by atoms with Gasteiger partial charge in [-0.25, -0.2) is 0 Å². The Hall–Kier alpha value is -1.06. The maximum atomic E-state index is 5.87. The van der Waals surface area contributed by atoms with Crippen LogP contribution in [0.25, 0.3) is 0 Å². The minimum Gasteiger partial charge on any atom is -0.494 e. The highest BCUT2D eigenvalue weighted by Crippen LogP contribution is 2.33. The molecule has 1 heterocycles. The van der Waals surface area contributed by atoms with Gasteiger partial charge in [0.15, 0.2) is 0 Å². The van der Waals surface area contributed by atoms with Gasteiger partial charge in [-0.15, -0.1) is 0 Å². The second kappa shape index (κ2) is 7.65. The molecule has 0 bridgehead atoms. The summed E-state index contributed by atoms with van der Waals surface area (Å²) in [6.45, 7) is 8.01. The van der Waals surface area contributed by atoms with Crippen LogP contribution in [-0.4, -0.2) is 32.4 Å². The topological polar surface area (TPSA) is 30.5 Å². The standard InChI is InChI=1S/C17H27NO2/c1-15(2)18-14-17(8-11-19-12-9-17)10-13-20-16-6-4-3-5-7-16/h3-7,15,18H,8-14H2,1-2H3. The first kappa shape index (κ1) is 15.3. The predicted molar refractivity (Wildman–Crippen MR) is 82.2 cm³/mol. The Morgan fingerprint density at radius 1 is 1.20 bits per heavy atom. The van der Waals surface area contributed by atoms with Gasteiger partial charge in [-0.3, -0.25) is 0 Å². The van der Waals surface area contributed by atoms with E-state index in [1.165, 1.54) is 0 Å². The van der Waals surface area contributed by atoms with Crippen LogP contribution >= 0.6 is 0 Å². The third-order valence-corrected chi connectivity index (χ3v) is 4.08. The third-order valence-electron chi connectivity index (χ3n) is 4.08. The number of ether oxygens (including phenoxy) is 2. The van der Waals surface area contributed by atoms with Crippen LogP contribution in [0.4, 0.5) is 0 Å². The van der Waals surface area contributed by atoms with E-state index in [2.05, 4.69) is 19.2 Å². The molecule has 0 atom stereocenters. The van der Waals surface area contributed by atoms with Crippen molar-refractivity contribution < 1.29 is 9.47 Å². The summed E-state index contributed by atoms with van der Waals surface area (Å²) in [6.07, 6.45) is 3.35. The molecule has 112 valence electrons. The lowest BCUT2D eigenvalue weighted by Crippen LogP contribution is -2.42. The summed E-state index contributed by atoms with van der Waals surface area (Å²) in [6, 6.07) is 10.6. The van der Waals surface area contributed by atoms with E-state index in [4.69, 9.17) is 9.47 Å². The Labute approximate surface area is 122 Å². The van der Waals surface area contributed by atoms with Crippen molar-refractivity contribution >= 4 is 0 Å². The first-order chi connectivity index (χ1) is 9.70. The summed E-state index contributed by atoms with van der Waals surface area (Å²) in [4.78, 5) is 0. The zero-order valence-corrected chi connectivity index (χ0v) is 12.7. The Kier molecular flexibility index (Phi) is 5.86. The van der Waals surface area contributed by atoms with E-state index in [1.54, 1.807) is 0 Å². The van der Waals surface area contributed by atoms with Crippen LogP contribution in [0.5, 0.6) is 5.75 Å². The maximum absolute atomic E-state index is 5.87. The smallest absolute Gasteiger partial charge is 0.119 e. The van der Waals surface area contributed by atoms with Gasteiger partial charge in [-0.2, -0.15) is 0 Å². The second-order valence-electron chi connectivity index (χ2n) is 6.06. The van der Waals surface area contributed by atoms with Crippen LogP contribution in [0, 0.1) is 5.41 Å². The zero-order chi connectivity index (χ0) is 14.3. The highest BCUT2D eigenvalue weighted by Gasteiger charge is 2.32. The van der Waals surface area contributed by atoms with Gasteiger partial charge in [0, 0.05) is 25.8 Å². The minimum absolute atomic E-state index is 0.331. The largest absolute Gasteiger partial charge is 0.494 e. The first-order valence-electron chi connectivity index (χ1n) is 7.69. The Morgan fingerprint density at radius 2 is 1.90 bits per heavy atom. The average Bonchev–Trinajstić information content (AvgIpc) is 2.47. The number of benzene rings is 1. The molecule has 1 fully saturated rings. The van der Waals surface area contributed by atoms with E-state index < -0.39 is 0 Å². The molecule has 1 aromatic rings. The maximum Gasteiger partial charge on any atom is 0.119 e. The molecular formula is C17H27NO2. The average molecular weight is 277 g/mol. The van der Waals surface area contributed by atoms with Crippen LogP contribution < -0.4 is 10.1 Å². The van der Waals surface area contributed by atoms with Gasteiger partial charge in [-0.1, -0.05) is 32.0 Å². The molecule has 0 radical (unpaired) electrons. The van der Waals surface area contributed by atoms with Crippen LogP contribution in [0.3, 0.4) is 0 Å². The van der Waals surface area contributed by atoms with E-state index in [1.807, 2.05) is 30.3 Å². The van der Waals surface area contributed by atoms with Crippen molar-refractivity contribution in [3.05, 3.63) is 30.3 Å². The quantitative estimate of drug-likeness (QED) is 0.830. The lowest BCUT2D eigenvalue weighted by atomic mass is 9.77. The Bertz CT molecular complexity index is 372. The lowest BCUT2D eigenvalue weighted by molar-refractivity contribution is 0.00338. The van der Waals surface area contributed by atoms with E-state index in [0.717, 1.165) is 51.4 Å². The molecule has 1 aromatic carbocycles. The molecule has 0 aliphatic carbocycles. The SMILES string of the molecule is CC(C)NCC1(CCOc2ccccc2)CCOCC1. The van der Waals surface area contributed by atoms with Crippen LogP contribution in [0.15, 0.2) is 30.3 Å². The zero-order valence-electron chi connectivity index (χ0n) is 12.7. The molecule has 3 heteroatoms. The number of hydrogen-bond donors (Lipinski definition) is 1. The van der Waals surface area contributed by atoms with Gasteiger partial charge in [-0.05, 0) is 36.8 Å². The summed E-state index contributed by atoms with van der Waals surface area (Å²) in [5, 5.41) is 3.59. The molecule has 2 rings (SSSR count). The summed E-state index contributed by atoms with van der Waals surface area (Å²) >= 11 is 0. The molecule has 1 saturated heterocycles.